The molecule has 0 saturated heterocycles. The summed E-state index contributed by atoms with van der Waals surface area (Å²) in [5.74, 6) is -17.7. The third-order valence-electron chi connectivity index (χ3n) is 4.63. The summed E-state index contributed by atoms with van der Waals surface area (Å²) >= 11 is 0. The number of esters is 1. The molecule has 0 aromatic heterocycles. The van der Waals surface area contributed by atoms with Crippen LogP contribution in [-0.2, 0) is 16.0 Å². The van der Waals surface area contributed by atoms with Crippen molar-refractivity contribution in [1.82, 2.24) is 0 Å². The van der Waals surface area contributed by atoms with E-state index in [1.807, 2.05) is 6.92 Å². The minimum atomic E-state index is -6.69. The van der Waals surface area contributed by atoms with Gasteiger partial charge in [0.15, 0.2) is 0 Å². The van der Waals surface area contributed by atoms with E-state index < -0.39 is 48.2 Å². The zero-order valence-corrected chi connectivity index (χ0v) is 15.6. The molecule has 2 rings (SSSR count). The average Bonchev–Trinajstić information content (AvgIpc) is 2.62. The van der Waals surface area contributed by atoms with Gasteiger partial charge in [-0.2, -0.15) is 30.7 Å². The molecule has 30 heavy (non-hydrogen) atoms. The molecule has 0 saturated carbocycles. The molecule has 0 amide bonds. The molecule has 0 fully saturated rings. The molecule has 1 aliphatic carbocycles. The van der Waals surface area contributed by atoms with E-state index in [9.17, 15) is 44.3 Å². The second kappa shape index (κ2) is 8.50. The van der Waals surface area contributed by atoms with Crippen LogP contribution in [0.2, 0.25) is 0 Å². The highest BCUT2D eigenvalue weighted by atomic mass is 19.4. The molecule has 11 heteroatoms. The summed E-state index contributed by atoms with van der Waals surface area (Å²) in [5, 5.41) is 0. The number of hydrogen-bond acceptors (Lipinski definition) is 2. The van der Waals surface area contributed by atoms with Crippen LogP contribution < -0.4 is 0 Å². The zero-order valence-electron chi connectivity index (χ0n) is 15.6. The lowest BCUT2D eigenvalue weighted by Crippen LogP contribution is -2.57. The van der Waals surface area contributed by atoms with Crippen molar-refractivity contribution in [3.05, 3.63) is 41.0 Å². The third-order valence-corrected chi connectivity index (χ3v) is 4.63. The number of halogens is 9. The SMILES string of the molecule is CCCc1ccc(C2=C(F)CC(OC(=O)C(F)(F)C(F)(F)C(F)(F)F)CC2)c(F)c1. The van der Waals surface area contributed by atoms with E-state index >= 15 is 0 Å². The molecular formula is C19H17F9O2. The maximum Gasteiger partial charge on any atom is 0.460 e. The Morgan fingerprint density at radius 1 is 1.10 bits per heavy atom. The minimum absolute atomic E-state index is 0.0916. The van der Waals surface area contributed by atoms with Gasteiger partial charge in [0.2, 0.25) is 0 Å². The maximum absolute atomic E-state index is 14.4. The summed E-state index contributed by atoms with van der Waals surface area (Å²) in [6.45, 7) is 1.88. The molecule has 1 unspecified atom stereocenters. The molecule has 0 bridgehead atoms. The maximum atomic E-state index is 14.4. The smallest absolute Gasteiger partial charge is 0.457 e. The minimum Gasteiger partial charge on any atom is -0.457 e. The quantitative estimate of drug-likeness (QED) is 0.373. The van der Waals surface area contributed by atoms with E-state index in [-0.39, 0.29) is 24.0 Å². The molecule has 168 valence electrons. The van der Waals surface area contributed by atoms with Crippen molar-refractivity contribution in [3.63, 3.8) is 0 Å². The number of benzene rings is 1. The first kappa shape index (κ1) is 24.1. The van der Waals surface area contributed by atoms with Gasteiger partial charge in [0.05, 0.1) is 0 Å². The lowest BCUT2D eigenvalue weighted by atomic mass is 9.90. The lowest BCUT2D eigenvalue weighted by molar-refractivity contribution is -0.349. The fourth-order valence-corrected chi connectivity index (χ4v) is 3.03. The van der Waals surface area contributed by atoms with E-state index in [4.69, 9.17) is 0 Å². The van der Waals surface area contributed by atoms with Crippen molar-refractivity contribution in [2.24, 2.45) is 0 Å². The molecule has 1 aliphatic rings. The van der Waals surface area contributed by atoms with Crippen molar-refractivity contribution >= 4 is 11.5 Å². The first-order chi connectivity index (χ1) is 13.7. The number of carbonyl (C=O) groups excluding carboxylic acids is 1. The van der Waals surface area contributed by atoms with Crippen LogP contribution in [-0.4, -0.2) is 30.1 Å². The second-order valence-corrected chi connectivity index (χ2v) is 6.86. The number of ether oxygens (including phenoxy) is 1. The number of hydrogen-bond donors (Lipinski definition) is 0. The molecule has 0 spiro atoms. The number of alkyl halides is 7. The Morgan fingerprint density at radius 3 is 2.23 bits per heavy atom. The van der Waals surface area contributed by atoms with Gasteiger partial charge in [0, 0.05) is 12.0 Å². The number of rotatable bonds is 6. The summed E-state index contributed by atoms with van der Waals surface area (Å²) in [7, 11) is 0. The Bertz CT molecular complexity index is 828. The molecule has 1 aromatic carbocycles. The largest absolute Gasteiger partial charge is 0.460 e. The van der Waals surface area contributed by atoms with Gasteiger partial charge in [-0.3, -0.25) is 0 Å². The number of carbonyl (C=O) groups is 1. The van der Waals surface area contributed by atoms with Crippen LogP contribution in [0.5, 0.6) is 0 Å². The van der Waals surface area contributed by atoms with Crippen LogP contribution in [0.3, 0.4) is 0 Å². The predicted octanol–water partition coefficient (Wildman–Crippen LogP) is 6.39. The van der Waals surface area contributed by atoms with Crippen LogP contribution >= 0.6 is 0 Å². The molecule has 0 heterocycles. The van der Waals surface area contributed by atoms with Gasteiger partial charge in [-0.1, -0.05) is 25.5 Å². The van der Waals surface area contributed by atoms with Crippen molar-refractivity contribution in [3.8, 4) is 0 Å². The van der Waals surface area contributed by atoms with Gasteiger partial charge < -0.3 is 4.74 Å². The van der Waals surface area contributed by atoms with E-state index in [0.29, 0.717) is 12.0 Å². The van der Waals surface area contributed by atoms with Crippen molar-refractivity contribution in [1.29, 1.82) is 0 Å². The van der Waals surface area contributed by atoms with Gasteiger partial charge in [-0.15, -0.1) is 0 Å². The van der Waals surface area contributed by atoms with Gasteiger partial charge in [0.25, 0.3) is 0 Å². The van der Waals surface area contributed by atoms with Gasteiger partial charge in [-0.05, 0) is 36.5 Å². The normalized spacial score (nSPS) is 18.5. The lowest BCUT2D eigenvalue weighted by Gasteiger charge is -2.29. The molecular weight excluding hydrogens is 431 g/mol. The summed E-state index contributed by atoms with van der Waals surface area (Å²) < 4.78 is 122. The molecule has 2 nitrogen and oxygen atoms in total. The van der Waals surface area contributed by atoms with E-state index in [1.165, 1.54) is 12.1 Å². The first-order valence-corrected chi connectivity index (χ1v) is 8.92. The number of allylic oxidation sites excluding steroid dienone is 1. The molecule has 1 aromatic rings. The fourth-order valence-electron chi connectivity index (χ4n) is 3.03. The van der Waals surface area contributed by atoms with Crippen LogP contribution in [0.15, 0.2) is 24.0 Å². The highest BCUT2D eigenvalue weighted by Crippen LogP contribution is 2.47. The predicted molar refractivity (Wildman–Crippen MR) is 88.1 cm³/mol. The first-order valence-electron chi connectivity index (χ1n) is 8.92. The van der Waals surface area contributed by atoms with E-state index in [0.717, 1.165) is 6.42 Å². The molecule has 0 radical (unpaired) electrons. The summed E-state index contributed by atoms with van der Waals surface area (Å²) in [5.41, 5.74) is 0.469. The Morgan fingerprint density at radius 2 is 1.73 bits per heavy atom. The Hall–Kier alpha value is -2.20. The highest BCUT2D eigenvalue weighted by molar-refractivity contribution is 5.79. The van der Waals surface area contributed by atoms with Crippen LogP contribution in [0.25, 0.3) is 5.57 Å². The Balaban J connectivity index is 2.15. The van der Waals surface area contributed by atoms with E-state index in [2.05, 4.69) is 4.74 Å². The standard InChI is InChI=1S/C19H17F9O2/c1-2-3-10-4-6-12(14(20)8-10)13-7-5-11(9-15(13)21)30-16(29)17(22,23)18(24,25)19(26,27)28/h4,6,8,11H,2-3,5,7,9H2,1H3. The topological polar surface area (TPSA) is 26.3 Å². The highest BCUT2D eigenvalue weighted by Gasteiger charge is 2.77. The molecule has 1 atom stereocenters. The zero-order chi connectivity index (χ0) is 22.9. The third kappa shape index (κ3) is 4.59. The fraction of sp³-hybridized carbons (Fsp3) is 0.526. The molecule has 0 N–H and O–H groups in total. The van der Waals surface area contributed by atoms with Crippen LogP contribution in [0, 0.1) is 5.82 Å². The van der Waals surface area contributed by atoms with Crippen molar-refractivity contribution in [2.75, 3.05) is 0 Å². The average molecular weight is 448 g/mol. The van der Waals surface area contributed by atoms with Gasteiger partial charge in [-0.25, -0.2) is 13.6 Å². The summed E-state index contributed by atoms with van der Waals surface area (Å²) in [4.78, 5) is 11.3. The number of aryl methyl sites for hydroxylation is 1. The van der Waals surface area contributed by atoms with E-state index in [1.54, 1.807) is 6.07 Å². The Labute approximate surface area is 165 Å². The Kier molecular flexibility index (Phi) is 6.82. The van der Waals surface area contributed by atoms with Gasteiger partial charge in [0.1, 0.15) is 17.7 Å². The van der Waals surface area contributed by atoms with Crippen LogP contribution in [0.4, 0.5) is 39.5 Å². The van der Waals surface area contributed by atoms with Crippen molar-refractivity contribution < 1.29 is 49.0 Å². The summed E-state index contributed by atoms with van der Waals surface area (Å²) in [6, 6.07) is 4.12. The van der Waals surface area contributed by atoms with Crippen molar-refractivity contribution in [2.45, 2.75) is 63.2 Å². The second-order valence-electron chi connectivity index (χ2n) is 6.86. The molecule has 0 aliphatic heterocycles. The van der Waals surface area contributed by atoms with Crippen LogP contribution in [0.1, 0.15) is 43.7 Å². The summed E-state index contributed by atoms with van der Waals surface area (Å²) in [6.07, 6.45) is -8.56. The monoisotopic (exact) mass is 448 g/mol. The van der Waals surface area contributed by atoms with Gasteiger partial charge >= 0.3 is 24.0 Å².